The molecule has 0 saturated heterocycles. The first-order valence-electron chi connectivity index (χ1n) is 5.73. The van der Waals surface area contributed by atoms with E-state index in [0.717, 1.165) is 25.1 Å². The van der Waals surface area contributed by atoms with Gasteiger partial charge in [0.2, 0.25) is 0 Å². The van der Waals surface area contributed by atoms with Gasteiger partial charge in [-0.2, -0.15) is 0 Å². The zero-order valence-electron chi connectivity index (χ0n) is 9.49. The van der Waals surface area contributed by atoms with Crippen LogP contribution in [-0.2, 0) is 6.42 Å². The largest absolute Gasteiger partial charge is 0.489 e. The number of hydrogen-bond donors (Lipinski definition) is 1. The molecule has 0 aliphatic carbocycles. The first-order valence-corrected chi connectivity index (χ1v) is 5.73. The van der Waals surface area contributed by atoms with Crippen LogP contribution in [0.4, 0.5) is 0 Å². The van der Waals surface area contributed by atoms with Crippen molar-refractivity contribution in [3.05, 3.63) is 29.8 Å². The molecular formula is C13H19NO. The standard InChI is InChI=1S/C13H19NO/c1-10(2)14-9-12-8-7-11-5-3-4-6-13(11)15-12/h3-6,10,12,14H,7-9H2,1-2H3/t12-/m0/s1. The molecule has 1 heterocycles. The average molecular weight is 205 g/mol. The molecule has 0 unspecified atom stereocenters. The minimum absolute atomic E-state index is 0.335. The molecular weight excluding hydrogens is 186 g/mol. The van der Waals surface area contributed by atoms with Gasteiger partial charge in [0.15, 0.2) is 0 Å². The van der Waals surface area contributed by atoms with E-state index < -0.39 is 0 Å². The van der Waals surface area contributed by atoms with E-state index in [4.69, 9.17) is 4.74 Å². The molecule has 2 heteroatoms. The fourth-order valence-electron chi connectivity index (χ4n) is 1.89. The van der Waals surface area contributed by atoms with Gasteiger partial charge in [0.25, 0.3) is 0 Å². The number of aryl methyl sites for hydroxylation is 1. The van der Waals surface area contributed by atoms with Crippen LogP contribution in [0.3, 0.4) is 0 Å². The summed E-state index contributed by atoms with van der Waals surface area (Å²) in [4.78, 5) is 0. The molecule has 1 atom stereocenters. The molecule has 0 saturated carbocycles. The third-order valence-electron chi connectivity index (χ3n) is 2.76. The molecule has 15 heavy (non-hydrogen) atoms. The monoisotopic (exact) mass is 205 g/mol. The molecule has 1 N–H and O–H groups in total. The predicted molar refractivity (Wildman–Crippen MR) is 62.3 cm³/mol. The number of para-hydroxylation sites is 1. The van der Waals surface area contributed by atoms with E-state index >= 15 is 0 Å². The molecule has 0 radical (unpaired) electrons. The maximum Gasteiger partial charge on any atom is 0.122 e. The highest BCUT2D eigenvalue weighted by atomic mass is 16.5. The lowest BCUT2D eigenvalue weighted by Gasteiger charge is -2.26. The molecule has 1 aromatic carbocycles. The molecule has 1 aliphatic heterocycles. The minimum atomic E-state index is 0.335. The topological polar surface area (TPSA) is 21.3 Å². The Labute approximate surface area is 91.6 Å². The second-order valence-corrected chi connectivity index (χ2v) is 4.45. The van der Waals surface area contributed by atoms with Crippen molar-refractivity contribution in [1.82, 2.24) is 5.32 Å². The summed E-state index contributed by atoms with van der Waals surface area (Å²) in [5.41, 5.74) is 1.35. The van der Waals surface area contributed by atoms with E-state index in [9.17, 15) is 0 Å². The van der Waals surface area contributed by atoms with Gasteiger partial charge in [-0.3, -0.25) is 0 Å². The van der Waals surface area contributed by atoms with Gasteiger partial charge in [0.1, 0.15) is 11.9 Å². The summed E-state index contributed by atoms with van der Waals surface area (Å²) >= 11 is 0. The first kappa shape index (κ1) is 10.5. The van der Waals surface area contributed by atoms with Crippen molar-refractivity contribution < 1.29 is 4.74 Å². The van der Waals surface area contributed by atoms with Crippen molar-refractivity contribution in [1.29, 1.82) is 0 Å². The van der Waals surface area contributed by atoms with E-state index in [1.807, 2.05) is 6.07 Å². The van der Waals surface area contributed by atoms with Crippen LogP contribution in [0.2, 0.25) is 0 Å². The molecule has 2 nitrogen and oxygen atoms in total. The van der Waals surface area contributed by atoms with E-state index in [0.29, 0.717) is 12.1 Å². The number of rotatable bonds is 3. The fraction of sp³-hybridized carbons (Fsp3) is 0.538. The maximum atomic E-state index is 5.92. The summed E-state index contributed by atoms with van der Waals surface area (Å²) in [6.45, 7) is 5.28. The Bertz CT molecular complexity index is 322. The summed E-state index contributed by atoms with van der Waals surface area (Å²) in [6.07, 6.45) is 2.60. The Hall–Kier alpha value is -1.02. The third-order valence-corrected chi connectivity index (χ3v) is 2.76. The minimum Gasteiger partial charge on any atom is -0.489 e. The van der Waals surface area contributed by atoms with Gasteiger partial charge >= 0.3 is 0 Å². The van der Waals surface area contributed by atoms with Crippen molar-refractivity contribution >= 4 is 0 Å². The predicted octanol–water partition coefficient (Wildman–Crippen LogP) is 2.38. The number of fused-ring (bicyclic) bond motifs is 1. The van der Waals surface area contributed by atoms with Gasteiger partial charge in [-0.15, -0.1) is 0 Å². The summed E-state index contributed by atoms with van der Waals surface area (Å²) in [6, 6.07) is 8.87. The maximum absolute atomic E-state index is 5.92. The van der Waals surface area contributed by atoms with Crippen LogP contribution in [0.1, 0.15) is 25.8 Å². The lowest BCUT2D eigenvalue weighted by molar-refractivity contribution is 0.168. The summed E-state index contributed by atoms with van der Waals surface area (Å²) < 4.78 is 5.92. The SMILES string of the molecule is CC(C)NC[C@@H]1CCc2ccccc2O1. The Morgan fingerprint density at radius 1 is 1.40 bits per heavy atom. The van der Waals surface area contributed by atoms with Crippen LogP contribution in [0, 0.1) is 0 Å². The highest BCUT2D eigenvalue weighted by Crippen LogP contribution is 2.26. The fourth-order valence-corrected chi connectivity index (χ4v) is 1.89. The Balaban J connectivity index is 1.94. The summed E-state index contributed by atoms with van der Waals surface area (Å²) in [5, 5.41) is 3.42. The van der Waals surface area contributed by atoms with Gasteiger partial charge in [-0.25, -0.2) is 0 Å². The van der Waals surface area contributed by atoms with Crippen LogP contribution in [0.25, 0.3) is 0 Å². The van der Waals surface area contributed by atoms with Gasteiger partial charge in [-0.05, 0) is 24.5 Å². The van der Waals surface area contributed by atoms with Crippen molar-refractivity contribution in [2.24, 2.45) is 0 Å². The lowest BCUT2D eigenvalue weighted by Crippen LogP contribution is -2.37. The molecule has 0 bridgehead atoms. The van der Waals surface area contributed by atoms with Gasteiger partial charge in [0, 0.05) is 12.6 Å². The van der Waals surface area contributed by atoms with Crippen molar-refractivity contribution in [2.75, 3.05) is 6.54 Å². The highest BCUT2D eigenvalue weighted by molar-refractivity contribution is 5.35. The average Bonchev–Trinajstić information content (AvgIpc) is 2.26. The molecule has 0 fully saturated rings. The Morgan fingerprint density at radius 2 is 2.20 bits per heavy atom. The van der Waals surface area contributed by atoms with E-state index in [1.54, 1.807) is 0 Å². The zero-order valence-corrected chi connectivity index (χ0v) is 9.49. The van der Waals surface area contributed by atoms with E-state index in [2.05, 4.69) is 37.4 Å². The van der Waals surface area contributed by atoms with E-state index in [1.165, 1.54) is 5.56 Å². The second kappa shape index (κ2) is 4.67. The van der Waals surface area contributed by atoms with Crippen LogP contribution in [-0.4, -0.2) is 18.7 Å². The van der Waals surface area contributed by atoms with E-state index in [-0.39, 0.29) is 0 Å². The smallest absolute Gasteiger partial charge is 0.122 e. The van der Waals surface area contributed by atoms with Gasteiger partial charge in [0.05, 0.1) is 0 Å². The molecule has 2 rings (SSSR count). The highest BCUT2D eigenvalue weighted by Gasteiger charge is 2.18. The number of benzene rings is 1. The van der Waals surface area contributed by atoms with Gasteiger partial charge in [-0.1, -0.05) is 32.0 Å². The normalized spacial score (nSPS) is 19.8. The van der Waals surface area contributed by atoms with Crippen molar-refractivity contribution in [2.45, 2.75) is 38.8 Å². The summed E-state index contributed by atoms with van der Waals surface area (Å²) in [5.74, 6) is 1.07. The third kappa shape index (κ3) is 2.72. The van der Waals surface area contributed by atoms with Crippen LogP contribution < -0.4 is 10.1 Å². The molecule has 0 amide bonds. The summed E-state index contributed by atoms with van der Waals surface area (Å²) in [7, 11) is 0. The Kier molecular flexibility index (Phi) is 3.27. The number of nitrogens with one attached hydrogen (secondary N) is 1. The molecule has 82 valence electrons. The lowest BCUT2D eigenvalue weighted by atomic mass is 10.0. The molecule has 0 aromatic heterocycles. The molecule has 0 spiro atoms. The van der Waals surface area contributed by atoms with Crippen LogP contribution in [0.5, 0.6) is 5.75 Å². The quantitative estimate of drug-likeness (QED) is 0.818. The van der Waals surface area contributed by atoms with Crippen LogP contribution in [0.15, 0.2) is 24.3 Å². The van der Waals surface area contributed by atoms with Crippen molar-refractivity contribution in [3.8, 4) is 5.75 Å². The number of ether oxygens (including phenoxy) is 1. The molecule has 1 aliphatic rings. The number of hydrogen-bond acceptors (Lipinski definition) is 2. The molecule has 1 aromatic rings. The second-order valence-electron chi connectivity index (χ2n) is 4.45. The Morgan fingerprint density at radius 3 is 3.00 bits per heavy atom. The zero-order chi connectivity index (χ0) is 10.7. The first-order chi connectivity index (χ1) is 7.25. The van der Waals surface area contributed by atoms with Crippen LogP contribution >= 0.6 is 0 Å². The van der Waals surface area contributed by atoms with Gasteiger partial charge < -0.3 is 10.1 Å². The van der Waals surface area contributed by atoms with Crippen molar-refractivity contribution in [3.63, 3.8) is 0 Å².